The third-order valence-corrected chi connectivity index (χ3v) is 3.80. The standard InChI is InChI=1S/C17H22N2O4/c1-3-12-23-13(2)16(21)18-8-10-19(11-9-18)17(22)14-4-6-15(20)7-5-14/h3-7,13,20H,1,8-12H2,2H3. The normalized spacial score (nSPS) is 16.0. The van der Waals surface area contributed by atoms with E-state index in [9.17, 15) is 14.7 Å². The summed E-state index contributed by atoms with van der Waals surface area (Å²) in [6, 6.07) is 6.18. The van der Waals surface area contributed by atoms with Gasteiger partial charge in [-0.2, -0.15) is 0 Å². The first-order chi connectivity index (χ1) is 11.0. The molecule has 1 aliphatic rings. The lowest BCUT2D eigenvalue weighted by Crippen LogP contribution is -2.52. The molecule has 6 nitrogen and oxygen atoms in total. The third-order valence-electron chi connectivity index (χ3n) is 3.80. The number of aromatic hydroxyl groups is 1. The van der Waals surface area contributed by atoms with Crippen LogP contribution < -0.4 is 0 Å². The first kappa shape index (κ1) is 17.0. The molecule has 2 rings (SSSR count). The minimum atomic E-state index is -0.507. The summed E-state index contributed by atoms with van der Waals surface area (Å²) in [6.45, 7) is 7.57. The first-order valence-corrected chi connectivity index (χ1v) is 7.62. The van der Waals surface area contributed by atoms with Gasteiger partial charge in [0.05, 0.1) is 6.61 Å². The van der Waals surface area contributed by atoms with E-state index in [2.05, 4.69) is 6.58 Å². The molecule has 0 saturated carbocycles. The molecule has 1 unspecified atom stereocenters. The summed E-state index contributed by atoms with van der Waals surface area (Å²) in [4.78, 5) is 28.0. The van der Waals surface area contributed by atoms with Gasteiger partial charge < -0.3 is 19.6 Å². The Balaban J connectivity index is 1.88. The molecule has 6 heteroatoms. The minimum absolute atomic E-state index is 0.0661. The fraction of sp³-hybridized carbons (Fsp3) is 0.412. The Morgan fingerprint density at radius 2 is 1.78 bits per heavy atom. The maximum atomic E-state index is 12.4. The van der Waals surface area contributed by atoms with E-state index >= 15 is 0 Å². The lowest BCUT2D eigenvalue weighted by molar-refractivity contribution is -0.143. The van der Waals surface area contributed by atoms with E-state index in [1.807, 2.05) is 0 Å². The van der Waals surface area contributed by atoms with Gasteiger partial charge in [0.2, 0.25) is 0 Å². The smallest absolute Gasteiger partial charge is 0.253 e. The van der Waals surface area contributed by atoms with E-state index in [1.165, 1.54) is 12.1 Å². The van der Waals surface area contributed by atoms with Gasteiger partial charge >= 0.3 is 0 Å². The predicted octanol–water partition coefficient (Wildman–Crippen LogP) is 1.27. The second-order valence-corrected chi connectivity index (χ2v) is 5.43. The van der Waals surface area contributed by atoms with Gasteiger partial charge in [0, 0.05) is 31.7 Å². The van der Waals surface area contributed by atoms with Crippen molar-refractivity contribution in [3.05, 3.63) is 42.5 Å². The minimum Gasteiger partial charge on any atom is -0.508 e. The van der Waals surface area contributed by atoms with Gasteiger partial charge in [0.1, 0.15) is 11.9 Å². The number of carbonyl (C=O) groups is 2. The van der Waals surface area contributed by atoms with Crippen molar-refractivity contribution >= 4 is 11.8 Å². The van der Waals surface area contributed by atoms with Crippen molar-refractivity contribution in [3.8, 4) is 5.75 Å². The molecular formula is C17H22N2O4. The molecule has 1 heterocycles. The highest BCUT2D eigenvalue weighted by Gasteiger charge is 2.27. The van der Waals surface area contributed by atoms with Crippen LogP contribution in [0.2, 0.25) is 0 Å². The molecule has 0 spiro atoms. The van der Waals surface area contributed by atoms with E-state index in [-0.39, 0.29) is 17.6 Å². The number of benzene rings is 1. The van der Waals surface area contributed by atoms with Crippen molar-refractivity contribution in [1.29, 1.82) is 0 Å². The van der Waals surface area contributed by atoms with Crippen LogP contribution in [0.4, 0.5) is 0 Å². The fourth-order valence-electron chi connectivity index (χ4n) is 2.46. The number of amides is 2. The monoisotopic (exact) mass is 318 g/mol. The molecule has 0 bridgehead atoms. The van der Waals surface area contributed by atoms with Gasteiger partial charge in [0.15, 0.2) is 0 Å². The van der Waals surface area contributed by atoms with E-state index in [4.69, 9.17) is 4.74 Å². The molecule has 1 aromatic rings. The summed E-state index contributed by atoms with van der Waals surface area (Å²) in [6.07, 6.45) is 1.10. The number of hydrogen-bond acceptors (Lipinski definition) is 4. The van der Waals surface area contributed by atoms with Crippen LogP contribution in [0.1, 0.15) is 17.3 Å². The molecular weight excluding hydrogens is 296 g/mol. The van der Waals surface area contributed by atoms with Crippen LogP contribution in [0, 0.1) is 0 Å². The Labute approximate surface area is 136 Å². The molecule has 0 radical (unpaired) electrons. The number of hydrogen-bond donors (Lipinski definition) is 1. The number of nitrogens with zero attached hydrogens (tertiary/aromatic N) is 2. The highest BCUT2D eigenvalue weighted by atomic mass is 16.5. The average Bonchev–Trinajstić information content (AvgIpc) is 2.59. The summed E-state index contributed by atoms with van der Waals surface area (Å²) in [5.41, 5.74) is 0.533. The Morgan fingerprint density at radius 3 is 2.35 bits per heavy atom. The number of phenols is 1. The Bertz CT molecular complexity index is 562. The largest absolute Gasteiger partial charge is 0.508 e. The highest BCUT2D eigenvalue weighted by Crippen LogP contribution is 2.14. The van der Waals surface area contributed by atoms with Gasteiger partial charge in [0.25, 0.3) is 11.8 Å². The maximum absolute atomic E-state index is 12.4. The SMILES string of the molecule is C=CCOC(C)C(=O)N1CCN(C(=O)c2ccc(O)cc2)CC1. The molecule has 1 N–H and O–H groups in total. The molecule has 1 aromatic carbocycles. The number of carbonyl (C=O) groups excluding carboxylic acids is 2. The fourth-order valence-corrected chi connectivity index (χ4v) is 2.46. The quantitative estimate of drug-likeness (QED) is 0.830. The molecule has 1 atom stereocenters. The van der Waals surface area contributed by atoms with Gasteiger partial charge in [-0.05, 0) is 31.2 Å². The zero-order valence-corrected chi connectivity index (χ0v) is 13.3. The molecule has 124 valence electrons. The number of ether oxygens (including phenoxy) is 1. The summed E-state index contributed by atoms with van der Waals surface area (Å²) >= 11 is 0. The van der Waals surface area contributed by atoms with Gasteiger partial charge in [-0.1, -0.05) is 6.08 Å². The van der Waals surface area contributed by atoms with Crippen molar-refractivity contribution in [3.63, 3.8) is 0 Å². The third kappa shape index (κ3) is 4.32. The zero-order chi connectivity index (χ0) is 16.8. The van der Waals surface area contributed by atoms with Crippen molar-refractivity contribution in [2.24, 2.45) is 0 Å². The van der Waals surface area contributed by atoms with Crippen molar-refractivity contribution in [2.75, 3.05) is 32.8 Å². The summed E-state index contributed by atoms with van der Waals surface area (Å²) in [7, 11) is 0. The second-order valence-electron chi connectivity index (χ2n) is 5.43. The van der Waals surface area contributed by atoms with E-state index in [1.54, 1.807) is 34.9 Å². The van der Waals surface area contributed by atoms with Gasteiger partial charge in [-0.3, -0.25) is 9.59 Å². The molecule has 2 amide bonds. The number of phenolic OH excluding ortho intramolecular Hbond substituents is 1. The maximum Gasteiger partial charge on any atom is 0.253 e. The second kappa shape index (κ2) is 7.78. The molecule has 1 aliphatic heterocycles. The van der Waals surface area contributed by atoms with E-state index in [0.29, 0.717) is 38.3 Å². The molecule has 0 aliphatic carbocycles. The van der Waals surface area contributed by atoms with Crippen molar-refractivity contribution < 1.29 is 19.4 Å². The van der Waals surface area contributed by atoms with E-state index in [0.717, 1.165) is 0 Å². The van der Waals surface area contributed by atoms with Crippen LogP contribution in [0.15, 0.2) is 36.9 Å². The van der Waals surface area contributed by atoms with Crippen LogP contribution in [-0.2, 0) is 9.53 Å². The van der Waals surface area contributed by atoms with Crippen LogP contribution in [0.25, 0.3) is 0 Å². The number of rotatable bonds is 5. The Hall–Kier alpha value is -2.34. The topological polar surface area (TPSA) is 70.1 Å². The Kier molecular flexibility index (Phi) is 5.76. The zero-order valence-electron chi connectivity index (χ0n) is 13.3. The van der Waals surface area contributed by atoms with Crippen LogP contribution >= 0.6 is 0 Å². The predicted molar refractivity (Wildman–Crippen MR) is 86.2 cm³/mol. The van der Waals surface area contributed by atoms with Gasteiger partial charge in [-0.25, -0.2) is 0 Å². The van der Waals surface area contributed by atoms with Crippen molar-refractivity contribution in [2.45, 2.75) is 13.0 Å². The van der Waals surface area contributed by atoms with Gasteiger partial charge in [-0.15, -0.1) is 6.58 Å². The summed E-state index contributed by atoms with van der Waals surface area (Å²) in [5, 5.41) is 9.27. The highest BCUT2D eigenvalue weighted by molar-refractivity contribution is 5.94. The molecule has 1 saturated heterocycles. The first-order valence-electron chi connectivity index (χ1n) is 7.62. The summed E-state index contributed by atoms with van der Waals surface area (Å²) < 4.78 is 5.35. The molecule has 1 fully saturated rings. The number of piperazine rings is 1. The Morgan fingerprint density at radius 1 is 1.22 bits per heavy atom. The van der Waals surface area contributed by atoms with Crippen LogP contribution in [0.5, 0.6) is 5.75 Å². The van der Waals surface area contributed by atoms with Crippen LogP contribution in [-0.4, -0.2) is 65.6 Å². The lowest BCUT2D eigenvalue weighted by atomic mass is 10.1. The molecule has 0 aromatic heterocycles. The van der Waals surface area contributed by atoms with Crippen molar-refractivity contribution in [1.82, 2.24) is 9.80 Å². The van der Waals surface area contributed by atoms with E-state index < -0.39 is 6.10 Å². The van der Waals surface area contributed by atoms with Crippen LogP contribution in [0.3, 0.4) is 0 Å². The summed E-state index contributed by atoms with van der Waals surface area (Å²) in [5.74, 6) is -0.0258. The average molecular weight is 318 g/mol. The molecule has 23 heavy (non-hydrogen) atoms. The lowest BCUT2D eigenvalue weighted by Gasteiger charge is -2.35.